The summed E-state index contributed by atoms with van der Waals surface area (Å²) >= 11 is 0. The molecule has 0 aliphatic rings. The third-order valence-corrected chi connectivity index (χ3v) is 6.50. The molecule has 0 fully saturated rings. The number of carbonyl (C=O) groups is 1. The molecule has 2 N–H and O–H groups in total. The van der Waals surface area contributed by atoms with Crippen molar-refractivity contribution < 1.29 is 22.3 Å². The van der Waals surface area contributed by atoms with E-state index in [1.165, 1.54) is 36.1 Å². The minimum Gasteiger partial charge on any atom is -0.493 e. The second kappa shape index (κ2) is 9.36. The van der Waals surface area contributed by atoms with Gasteiger partial charge in [0.1, 0.15) is 5.82 Å². The Bertz CT molecular complexity index is 1450. The highest BCUT2D eigenvalue weighted by Crippen LogP contribution is 2.26. The predicted molar refractivity (Wildman–Crippen MR) is 126 cm³/mol. The number of hydrogen-bond acceptors (Lipinski definition) is 5. The number of hydrogen-bond donors (Lipinski definition) is 2. The molecule has 4 aromatic rings. The number of halogens is 1. The minimum atomic E-state index is -4.12. The van der Waals surface area contributed by atoms with E-state index < -0.39 is 21.7 Å². The molecule has 1 aromatic heterocycles. The number of sulfonamides is 1. The lowest BCUT2D eigenvalue weighted by atomic mass is 10.2. The molecular weight excluding hydrogens is 459 g/mol. The highest BCUT2D eigenvalue weighted by Gasteiger charge is 2.22. The molecule has 0 unspecified atom stereocenters. The first-order valence-corrected chi connectivity index (χ1v) is 11.7. The van der Waals surface area contributed by atoms with Crippen molar-refractivity contribution in [2.75, 3.05) is 17.1 Å². The molecule has 4 rings (SSSR count). The van der Waals surface area contributed by atoms with Crippen molar-refractivity contribution in [2.45, 2.75) is 11.8 Å². The Morgan fingerprint density at radius 3 is 2.44 bits per heavy atom. The number of methoxy groups -OCH3 is 1. The molecule has 1 amide bonds. The van der Waals surface area contributed by atoms with Crippen molar-refractivity contribution in [3.63, 3.8) is 0 Å². The molecule has 0 atom stereocenters. The SMILES string of the molecule is COc1cn(-c2ccccc2)nc1C(=O)Nc1ccc(C)c(S(=O)(=O)Nc2ccccc2F)c1. The average Bonchev–Trinajstić information content (AvgIpc) is 3.27. The van der Waals surface area contributed by atoms with Gasteiger partial charge in [-0.3, -0.25) is 9.52 Å². The van der Waals surface area contributed by atoms with Gasteiger partial charge < -0.3 is 10.1 Å². The zero-order valence-electron chi connectivity index (χ0n) is 18.3. The summed E-state index contributed by atoms with van der Waals surface area (Å²) in [5, 5.41) is 6.96. The van der Waals surface area contributed by atoms with Gasteiger partial charge in [-0.1, -0.05) is 36.4 Å². The van der Waals surface area contributed by atoms with Crippen LogP contribution in [0.3, 0.4) is 0 Å². The molecule has 3 aromatic carbocycles. The molecule has 0 aliphatic heterocycles. The van der Waals surface area contributed by atoms with Crippen LogP contribution in [0.25, 0.3) is 5.69 Å². The van der Waals surface area contributed by atoms with Crippen LogP contribution in [0.1, 0.15) is 16.1 Å². The number of rotatable bonds is 7. The quantitative estimate of drug-likeness (QED) is 0.409. The lowest BCUT2D eigenvalue weighted by Crippen LogP contribution is -2.17. The number of ether oxygens (including phenoxy) is 1. The van der Waals surface area contributed by atoms with Crippen LogP contribution in [-0.4, -0.2) is 31.2 Å². The summed E-state index contributed by atoms with van der Waals surface area (Å²) in [5.41, 5.74) is 1.24. The normalized spacial score (nSPS) is 11.1. The van der Waals surface area contributed by atoms with Crippen molar-refractivity contribution in [2.24, 2.45) is 0 Å². The molecule has 34 heavy (non-hydrogen) atoms. The molecular formula is C24H21FN4O4S. The topological polar surface area (TPSA) is 102 Å². The summed E-state index contributed by atoms with van der Waals surface area (Å²) in [6.45, 7) is 1.60. The van der Waals surface area contributed by atoms with Gasteiger partial charge in [0.25, 0.3) is 15.9 Å². The monoisotopic (exact) mass is 480 g/mol. The molecule has 1 heterocycles. The van der Waals surface area contributed by atoms with Crippen LogP contribution in [-0.2, 0) is 10.0 Å². The second-order valence-corrected chi connectivity index (χ2v) is 9.00. The van der Waals surface area contributed by atoms with Gasteiger partial charge in [0.2, 0.25) is 0 Å². The minimum absolute atomic E-state index is 0.0285. The standard InChI is InChI=1S/C24H21FN4O4S/c1-16-12-13-17(14-22(16)34(31,32)28-20-11-7-6-10-19(20)25)26-24(30)23-21(33-2)15-29(27-23)18-8-4-3-5-9-18/h3-15,28H,1-2H3,(H,26,30). The third kappa shape index (κ3) is 4.76. The van der Waals surface area contributed by atoms with E-state index in [-0.39, 0.29) is 27.7 Å². The smallest absolute Gasteiger partial charge is 0.280 e. The summed E-state index contributed by atoms with van der Waals surface area (Å²) in [7, 11) is -2.70. The first-order chi connectivity index (χ1) is 16.3. The highest BCUT2D eigenvalue weighted by atomic mass is 32.2. The first-order valence-electron chi connectivity index (χ1n) is 10.2. The molecule has 8 nitrogen and oxygen atoms in total. The lowest BCUT2D eigenvalue weighted by Gasteiger charge is -2.13. The van der Waals surface area contributed by atoms with E-state index in [0.29, 0.717) is 5.56 Å². The largest absolute Gasteiger partial charge is 0.493 e. The van der Waals surface area contributed by atoms with E-state index in [1.54, 1.807) is 25.3 Å². The number of para-hydroxylation sites is 2. The Kier molecular flexibility index (Phi) is 6.33. The van der Waals surface area contributed by atoms with Crippen LogP contribution in [0.15, 0.2) is 83.9 Å². The Hall–Kier alpha value is -4.18. The van der Waals surface area contributed by atoms with Crippen molar-refractivity contribution in [1.29, 1.82) is 0 Å². The molecule has 0 saturated carbocycles. The Morgan fingerprint density at radius 1 is 1.03 bits per heavy atom. The molecule has 0 radical (unpaired) electrons. The molecule has 0 aliphatic carbocycles. The van der Waals surface area contributed by atoms with Gasteiger partial charge in [-0.25, -0.2) is 17.5 Å². The molecule has 0 saturated heterocycles. The Balaban J connectivity index is 1.61. The number of nitrogens with zero attached hydrogens (tertiary/aromatic N) is 2. The van der Waals surface area contributed by atoms with Crippen molar-refractivity contribution >= 4 is 27.3 Å². The van der Waals surface area contributed by atoms with Gasteiger partial charge >= 0.3 is 0 Å². The van der Waals surface area contributed by atoms with Gasteiger partial charge in [0.05, 0.1) is 29.6 Å². The van der Waals surface area contributed by atoms with Crippen LogP contribution in [0.2, 0.25) is 0 Å². The zero-order chi connectivity index (χ0) is 24.3. The summed E-state index contributed by atoms with van der Waals surface area (Å²) in [5.74, 6) is -1.03. The van der Waals surface area contributed by atoms with Gasteiger partial charge in [0, 0.05) is 5.69 Å². The fourth-order valence-electron chi connectivity index (χ4n) is 3.28. The number of aromatic nitrogens is 2. The number of carbonyl (C=O) groups excluding carboxylic acids is 1. The fourth-order valence-corrected chi connectivity index (χ4v) is 4.62. The summed E-state index contributed by atoms with van der Waals surface area (Å²) in [4.78, 5) is 12.8. The number of aryl methyl sites for hydroxylation is 1. The van der Waals surface area contributed by atoms with Gasteiger partial charge in [-0.2, -0.15) is 5.10 Å². The summed E-state index contributed by atoms with van der Waals surface area (Å²) in [6.07, 6.45) is 1.58. The molecule has 0 bridgehead atoms. The average molecular weight is 481 g/mol. The predicted octanol–water partition coefficient (Wildman–Crippen LogP) is 4.38. The second-order valence-electron chi connectivity index (χ2n) is 7.35. The first kappa shape index (κ1) is 23.0. The maximum absolute atomic E-state index is 14.0. The molecule has 0 spiro atoms. The zero-order valence-corrected chi connectivity index (χ0v) is 19.1. The maximum Gasteiger partial charge on any atom is 0.280 e. The van der Waals surface area contributed by atoms with E-state index in [1.807, 2.05) is 30.3 Å². The van der Waals surface area contributed by atoms with Crippen LogP contribution in [0.4, 0.5) is 15.8 Å². The Labute approximate surface area is 196 Å². The van der Waals surface area contributed by atoms with Crippen molar-refractivity contribution in [1.82, 2.24) is 9.78 Å². The van der Waals surface area contributed by atoms with E-state index >= 15 is 0 Å². The van der Waals surface area contributed by atoms with Crippen molar-refractivity contribution in [3.8, 4) is 11.4 Å². The van der Waals surface area contributed by atoms with Gasteiger partial charge in [-0.15, -0.1) is 0 Å². The van der Waals surface area contributed by atoms with Gasteiger partial charge in [-0.05, 0) is 48.9 Å². The number of anilines is 2. The Morgan fingerprint density at radius 2 is 1.74 bits per heavy atom. The number of nitrogens with one attached hydrogen (secondary N) is 2. The van der Waals surface area contributed by atoms with Gasteiger partial charge in [0.15, 0.2) is 11.4 Å². The van der Waals surface area contributed by atoms with E-state index in [4.69, 9.17) is 4.74 Å². The van der Waals surface area contributed by atoms with Crippen molar-refractivity contribution in [3.05, 3.63) is 96.1 Å². The van der Waals surface area contributed by atoms with Crippen LogP contribution < -0.4 is 14.8 Å². The molecule has 174 valence electrons. The summed E-state index contributed by atoms with van der Waals surface area (Å²) in [6, 6.07) is 19.1. The fraction of sp³-hybridized carbons (Fsp3) is 0.0833. The molecule has 10 heteroatoms. The number of amides is 1. The van der Waals surface area contributed by atoms with Crippen LogP contribution >= 0.6 is 0 Å². The van der Waals surface area contributed by atoms with Crippen LogP contribution in [0, 0.1) is 12.7 Å². The maximum atomic E-state index is 14.0. The third-order valence-electron chi connectivity index (χ3n) is 4.99. The summed E-state index contributed by atoms with van der Waals surface area (Å²) < 4.78 is 48.9. The van der Waals surface area contributed by atoms with Crippen LogP contribution in [0.5, 0.6) is 5.75 Å². The lowest BCUT2D eigenvalue weighted by molar-refractivity contribution is 0.101. The van der Waals surface area contributed by atoms with E-state index in [0.717, 1.165) is 11.8 Å². The van der Waals surface area contributed by atoms with E-state index in [9.17, 15) is 17.6 Å². The number of benzene rings is 3. The van der Waals surface area contributed by atoms with E-state index in [2.05, 4.69) is 15.1 Å². The highest BCUT2D eigenvalue weighted by molar-refractivity contribution is 7.92.